The van der Waals surface area contributed by atoms with Crippen LogP contribution >= 0.6 is 12.4 Å². The fourth-order valence-corrected chi connectivity index (χ4v) is 3.16. The molecule has 6 heteroatoms. The molecule has 108 valence electrons. The van der Waals surface area contributed by atoms with E-state index in [9.17, 15) is 4.39 Å². The Labute approximate surface area is 122 Å². The molecule has 2 bridgehead atoms. The molecule has 3 aliphatic heterocycles. The molecule has 1 atom stereocenters. The highest BCUT2D eigenvalue weighted by molar-refractivity contribution is 5.85. The molecule has 3 aliphatic rings. The summed E-state index contributed by atoms with van der Waals surface area (Å²) in [6, 6.07) is 4.37. The maximum atomic E-state index is 13.3. The van der Waals surface area contributed by atoms with E-state index in [1.807, 2.05) is 0 Å². The average molecular weight is 299 g/mol. The number of hydrogen-bond acceptors (Lipinski definition) is 4. The molecule has 2 aromatic rings. The van der Waals surface area contributed by atoms with Crippen LogP contribution in [0.1, 0.15) is 12.8 Å². The van der Waals surface area contributed by atoms with Gasteiger partial charge in [0.2, 0.25) is 0 Å². The molecule has 20 heavy (non-hydrogen) atoms. The molecular formula is C14H16ClFN2O2. The van der Waals surface area contributed by atoms with Crippen molar-refractivity contribution in [1.82, 2.24) is 10.1 Å². The van der Waals surface area contributed by atoms with Crippen molar-refractivity contribution in [2.45, 2.75) is 18.9 Å². The van der Waals surface area contributed by atoms with Crippen molar-refractivity contribution in [3.05, 3.63) is 24.0 Å². The quantitative estimate of drug-likeness (QED) is 0.854. The maximum Gasteiger partial charge on any atom is 0.262 e. The van der Waals surface area contributed by atoms with Crippen LogP contribution in [0.2, 0.25) is 0 Å². The highest BCUT2D eigenvalue weighted by Gasteiger charge is 2.36. The van der Waals surface area contributed by atoms with Gasteiger partial charge in [-0.25, -0.2) is 4.39 Å². The first-order valence-electron chi connectivity index (χ1n) is 6.73. The SMILES string of the molecule is Cl.Fc1ccc2onc(OC3CN4CCC3CC4)c2c1. The Bertz CT molecular complexity index is 610. The Morgan fingerprint density at radius 1 is 1.30 bits per heavy atom. The molecule has 1 aromatic carbocycles. The molecule has 3 saturated heterocycles. The number of aromatic nitrogens is 1. The second kappa shape index (κ2) is 5.22. The summed E-state index contributed by atoms with van der Waals surface area (Å²) in [5, 5.41) is 4.55. The Balaban J connectivity index is 0.00000121. The second-order valence-corrected chi connectivity index (χ2v) is 5.42. The number of benzene rings is 1. The summed E-state index contributed by atoms with van der Waals surface area (Å²) in [7, 11) is 0. The van der Waals surface area contributed by atoms with Crippen LogP contribution in [-0.4, -0.2) is 35.8 Å². The highest BCUT2D eigenvalue weighted by Crippen LogP contribution is 2.33. The summed E-state index contributed by atoms with van der Waals surface area (Å²) >= 11 is 0. The lowest BCUT2D eigenvalue weighted by atomic mass is 9.86. The molecule has 0 aliphatic carbocycles. The van der Waals surface area contributed by atoms with E-state index in [0.29, 0.717) is 22.8 Å². The zero-order chi connectivity index (χ0) is 12.8. The standard InChI is InChI=1S/C14H15FN2O2.ClH/c15-10-1-2-12-11(7-10)14(16-19-12)18-13-8-17-5-3-9(13)4-6-17;/h1-2,7,9,13H,3-6,8H2;1H. The van der Waals surface area contributed by atoms with Gasteiger partial charge in [0.15, 0.2) is 5.58 Å². The number of ether oxygens (including phenoxy) is 1. The van der Waals surface area contributed by atoms with Gasteiger partial charge in [0.1, 0.15) is 11.9 Å². The van der Waals surface area contributed by atoms with Crippen molar-refractivity contribution in [3.63, 3.8) is 0 Å². The van der Waals surface area contributed by atoms with E-state index in [1.165, 1.54) is 38.1 Å². The number of hydrogen-bond donors (Lipinski definition) is 0. The third-order valence-electron chi connectivity index (χ3n) is 4.26. The molecule has 5 rings (SSSR count). The molecular weight excluding hydrogens is 283 g/mol. The molecule has 0 saturated carbocycles. The number of nitrogens with zero attached hydrogens (tertiary/aromatic N) is 2. The zero-order valence-electron chi connectivity index (χ0n) is 10.9. The third kappa shape index (κ3) is 2.25. The predicted molar refractivity (Wildman–Crippen MR) is 74.8 cm³/mol. The number of fused-ring (bicyclic) bond motifs is 4. The average Bonchev–Trinajstić information content (AvgIpc) is 2.83. The third-order valence-corrected chi connectivity index (χ3v) is 4.26. The van der Waals surface area contributed by atoms with Crippen LogP contribution in [0.25, 0.3) is 11.0 Å². The van der Waals surface area contributed by atoms with Crippen molar-refractivity contribution in [2.24, 2.45) is 5.92 Å². The van der Waals surface area contributed by atoms with Gasteiger partial charge >= 0.3 is 0 Å². The minimum Gasteiger partial charge on any atom is -0.470 e. The predicted octanol–water partition coefficient (Wildman–Crippen LogP) is 2.86. The van der Waals surface area contributed by atoms with E-state index in [2.05, 4.69) is 10.1 Å². The fourth-order valence-electron chi connectivity index (χ4n) is 3.16. The van der Waals surface area contributed by atoms with Gasteiger partial charge < -0.3 is 9.26 Å². The summed E-state index contributed by atoms with van der Waals surface area (Å²) in [5.41, 5.74) is 0.567. The molecule has 1 aromatic heterocycles. The van der Waals surface area contributed by atoms with Gasteiger partial charge in [-0.15, -0.1) is 12.4 Å². The smallest absolute Gasteiger partial charge is 0.262 e. The zero-order valence-corrected chi connectivity index (χ0v) is 11.7. The van der Waals surface area contributed by atoms with E-state index in [4.69, 9.17) is 9.26 Å². The first-order valence-corrected chi connectivity index (χ1v) is 6.73. The van der Waals surface area contributed by atoms with E-state index >= 15 is 0 Å². The van der Waals surface area contributed by atoms with Crippen molar-refractivity contribution in [2.75, 3.05) is 19.6 Å². The maximum absolute atomic E-state index is 13.3. The van der Waals surface area contributed by atoms with Crippen LogP contribution in [0.15, 0.2) is 22.7 Å². The number of halogens is 2. The van der Waals surface area contributed by atoms with Crippen molar-refractivity contribution in [1.29, 1.82) is 0 Å². The Hall–Kier alpha value is -1.33. The summed E-state index contributed by atoms with van der Waals surface area (Å²) < 4.78 is 24.4. The summed E-state index contributed by atoms with van der Waals surface area (Å²) in [5.74, 6) is 0.716. The monoisotopic (exact) mass is 298 g/mol. The second-order valence-electron chi connectivity index (χ2n) is 5.42. The first kappa shape index (κ1) is 13.6. The molecule has 4 nitrogen and oxygen atoms in total. The minimum absolute atomic E-state index is 0. The van der Waals surface area contributed by atoms with E-state index in [-0.39, 0.29) is 24.3 Å². The van der Waals surface area contributed by atoms with Crippen LogP contribution < -0.4 is 4.74 Å². The van der Waals surface area contributed by atoms with Gasteiger partial charge in [-0.1, -0.05) is 0 Å². The largest absolute Gasteiger partial charge is 0.470 e. The van der Waals surface area contributed by atoms with Gasteiger partial charge in [-0.3, -0.25) is 4.90 Å². The van der Waals surface area contributed by atoms with Crippen LogP contribution in [0, 0.1) is 11.7 Å². The lowest BCUT2D eigenvalue weighted by molar-refractivity contribution is -0.0106. The molecule has 0 radical (unpaired) electrons. The molecule has 4 heterocycles. The van der Waals surface area contributed by atoms with E-state index < -0.39 is 0 Å². The number of piperidine rings is 3. The fraction of sp³-hybridized carbons (Fsp3) is 0.500. The van der Waals surface area contributed by atoms with Crippen LogP contribution in [0.5, 0.6) is 5.88 Å². The topological polar surface area (TPSA) is 38.5 Å². The summed E-state index contributed by atoms with van der Waals surface area (Å²) in [4.78, 5) is 2.41. The van der Waals surface area contributed by atoms with Crippen LogP contribution in [0.3, 0.4) is 0 Å². The Morgan fingerprint density at radius 3 is 2.80 bits per heavy atom. The van der Waals surface area contributed by atoms with Crippen molar-refractivity contribution < 1.29 is 13.7 Å². The molecule has 0 amide bonds. The van der Waals surface area contributed by atoms with Crippen molar-refractivity contribution in [3.8, 4) is 5.88 Å². The Kier molecular flexibility index (Phi) is 3.56. The highest BCUT2D eigenvalue weighted by atomic mass is 35.5. The van der Waals surface area contributed by atoms with Crippen LogP contribution in [0.4, 0.5) is 4.39 Å². The number of rotatable bonds is 2. The normalized spacial score (nSPS) is 28.4. The molecule has 1 unspecified atom stereocenters. The molecule has 0 spiro atoms. The molecule has 0 N–H and O–H groups in total. The lowest BCUT2D eigenvalue weighted by Crippen LogP contribution is -2.52. The van der Waals surface area contributed by atoms with E-state index in [0.717, 1.165) is 6.54 Å². The van der Waals surface area contributed by atoms with E-state index in [1.54, 1.807) is 6.07 Å². The summed E-state index contributed by atoms with van der Waals surface area (Å²) in [6.45, 7) is 3.27. The Morgan fingerprint density at radius 2 is 2.10 bits per heavy atom. The van der Waals surface area contributed by atoms with Gasteiger partial charge in [0.25, 0.3) is 5.88 Å². The minimum atomic E-state index is -0.297. The lowest BCUT2D eigenvalue weighted by Gasteiger charge is -2.43. The van der Waals surface area contributed by atoms with Gasteiger partial charge in [0, 0.05) is 6.54 Å². The van der Waals surface area contributed by atoms with Gasteiger partial charge in [0.05, 0.1) is 5.39 Å². The molecule has 3 fully saturated rings. The van der Waals surface area contributed by atoms with Crippen LogP contribution in [-0.2, 0) is 0 Å². The van der Waals surface area contributed by atoms with Crippen molar-refractivity contribution >= 4 is 23.4 Å². The van der Waals surface area contributed by atoms with Gasteiger partial charge in [-0.05, 0) is 55.2 Å². The van der Waals surface area contributed by atoms with Gasteiger partial charge in [-0.2, -0.15) is 0 Å². The first-order chi connectivity index (χ1) is 9.29. The summed E-state index contributed by atoms with van der Waals surface area (Å²) in [6.07, 6.45) is 2.50.